The summed E-state index contributed by atoms with van der Waals surface area (Å²) in [5.74, 6) is 0. The van der Waals surface area contributed by atoms with Gasteiger partial charge in [-0.1, -0.05) is 0 Å². The fourth-order valence-corrected chi connectivity index (χ4v) is 0.647. The van der Waals surface area contributed by atoms with Gasteiger partial charge in [-0.25, -0.2) is 0 Å². The molecule has 0 bridgehead atoms. The van der Waals surface area contributed by atoms with E-state index in [4.69, 9.17) is 9.47 Å². The predicted octanol–water partition coefficient (Wildman–Crippen LogP) is 0.662. The van der Waals surface area contributed by atoms with Crippen LogP contribution in [-0.4, -0.2) is 31.0 Å². The molecule has 0 aliphatic heterocycles. The van der Waals surface area contributed by atoms with Crippen LogP contribution < -0.4 is 0 Å². The van der Waals surface area contributed by atoms with Crippen LogP contribution in [0.1, 0.15) is 13.8 Å². The summed E-state index contributed by atoms with van der Waals surface area (Å²) < 4.78 is 9.86. The molecule has 0 saturated carbocycles. The molecule has 0 atom stereocenters. The number of hydrogen-bond acceptors (Lipinski definition) is 4. The van der Waals surface area contributed by atoms with Crippen molar-refractivity contribution < 1.29 is 14.4 Å². The summed E-state index contributed by atoms with van der Waals surface area (Å²) in [4.78, 5) is 9.56. The molecular formula is C6H13NO4. The summed E-state index contributed by atoms with van der Waals surface area (Å²) in [5.41, 5.74) is 0. The Kier molecular flexibility index (Phi) is 5.68. The van der Waals surface area contributed by atoms with Crippen molar-refractivity contribution in [2.75, 3.05) is 19.8 Å². The first-order valence-corrected chi connectivity index (χ1v) is 3.55. The quantitative estimate of drug-likeness (QED) is 0.328. The summed E-state index contributed by atoms with van der Waals surface area (Å²) in [6, 6.07) is 0. The van der Waals surface area contributed by atoms with Gasteiger partial charge in [0, 0.05) is 18.1 Å². The van der Waals surface area contributed by atoms with E-state index in [1.165, 1.54) is 0 Å². The third-order valence-corrected chi connectivity index (χ3v) is 1.00. The van der Waals surface area contributed by atoms with Crippen molar-refractivity contribution in [3.05, 3.63) is 10.1 Å². The molecule has 0 heterocycles. The van der Waals surface area contributed by atoms with E-state index in [9.17, 15) is 10.1 Å². The zero-order chi connectivity index (χ0) is 8.69. The molecule has 0 aromatic rings. The van der Waals surface area contributed by atoms with Gasteiger partial charge < -0.3 is 9.47 Å². The number of hydrogen-bond donors (Lipinski definition) is 0. The van der Waals surface area contributed by atoms with Crippen LogP contribution in [0.5, 0.6) is 0 Å². The minimum absolute atomic E-state index is 0.290. The van der Waals surface area contributed by atoms with Gasteiger partial charge in [-0.05, 0) is 13.8 Å². The SMILES string of the molecule is CCOC(C[N+](=O)[O-])OCC. The lowest BCUT2D eigenvalue weighted by atomic mass is 10.6. The minimum atomic E-state index is -0.694. The highest BCUT2D eigenvalue weighted by molar-refractivity contribution is 4.38. The third-order valence-electron chi connectivity index (χ3n) is 1.00. The highest BCUT2D eigenvalue weighted by Gasteiger charge is 2.14. The second-order valence-corrected chi connectivity index (χ2v) is 1.86. The minimum Gasteiger partial charge on any atom is -0.347 e. The van der Waals surface area contributed by atoms with Gasteiger partial charge in [-0.2, -0.15) is 0 Å². The van der Waals surface area contributed by atoms with Gasteiger partial charge in [0.05, 0.1) is 0 Å². The largest absolute Gasteiger partial charge is 0.347 e. The average molecular weight is 163 g/mol. The van der Waals surface area contributed by atoms with Crippen LogP contribution in [0, 0.1) is 10.1 Å². The number of nitrogens with zero attached hydrogens (tertiary/aromatic N) is 1. The van der Waals surface area contributed by atoms with Gasteiger partial charge in [-0.3, -0.25) is 10.1 Å². The van der Waals surface area contributed by atoms with E-state index in [0.717, 1.165) is 0 Å². The Hall–Kier alpha value is -0.680. The molecule has 0 fully saturated rings. The second kappa shape index (κ2) is 6.06. The highest BCUT2D eigenvalue weighted by atomic mass is 16.7. The summed E-state index contributed by atoms with van der Waals surface area (Å²) >= 11 is 0. The van der Waals surface area contributed by atoms with Crippen LogP contribution in [0.3, 0.4) is 0 Å². The molecule has 0 aliphatic rings. The van der Waals surface area contributed by atoms with E-state index in [-0.39, 0.29) is 6.54 Å². The van der Waals surface area contributed by atoms with Gasteiger partial charge in [0.25, 0.3) is 6.54 Å². The molecule has 5 heteroatoms. The summed E-state index contributed by atoms with van der Waals surface area (Å²) in [6.45, 7) is 4.11. The maximum atomic E-state index is 10.0. The summed E-state index contributed by atoms with van der Waals surface area (Å²) in [5, 5.41) is 10.0. The molecule has 0 radical (unpaired) electrons. The first kappa shape index (κ1) is 10.3. The highest BCUT2D eigenvalue weighted by Crippen LogP contribution is 1.94. The van der Waals surface area contributed by atoms with Gasteiger partial charge in [0.1, 0.15) is 0 Å². The van der Waals surface area contributed by atoms with Crippen LogP contribution in [0.15, 0.2) is 0 Å². The van der Waals surface area contributed by atoms with E-state index < -0.39 is 11.2 Å². The molecular weight excluding hydrogens is 150 g/mol. The Morgan fingerprint density at radius 2 is 1.82 bits per heavy atom. The Bertz CT molecular complexity index is 111. The molecule has 0 aromatic carbocycles. The summed E-state index contributed by atoms with van der Waals surface area (Å²) in [6.07, 6.45) is -0.694. The third kappa shape index (κ3) is 5.75. The topological polar surface area (TPSA) is 61.6 Å². The standard InChI is InChI=1S/C6H13NO4/c1-3-10-6(11-4-2)5-7(8)9/h6H,3-5H2,1-2H3. The number of nitro groups is 1. The summed E-state index contributed by atoms with van der Waals surface area (Å²) in [7, 11) is 0. The van der Waals surface area contributed by atoms with Crippen LogP contribution in [0.4, 0.5) is 0 Å². The van der Waals surface area contributed by atoms with E-state index in [0.29, 0.717) is 13.2 Å². The van der Waals surface area contributed by atoms with Gasteiger partial charge in [0.15, 0.2) is 0 Å². The molecule has 0 saturated heterocycles. The molecule has 11 heavy (non-hydrogen) atoms. The van der Waals surface area contributed by atoms with E-state index >= 15 is 0 Å². The monoisotopic (exact) mass is 163 g/mol. The lowest BCUT2D eigenvalue weighted by Crippen LogP contribution is -2.26. The average Bonchev–Trinajstić information content (AvgIpc) is 1.87. The van der Waals surface area contributed by atoms with E-state index in [1.807, 2.05) is 0 Å². The molecule has 0 aliphatic carbocycles. The van der Waals surface area contributed by atoms with Gasteiger partial charge in [-0.15, -0.1) is 0 Å². The van der Waals surface area contributed by atoms with Crippen LogP contribution in [0.25, 0.3) is 0 Å². The number of rotatable bonds is 6. The van der Waals surface area contributed by atoms with Gasteiger partial charge >= 0.3 is 0 Å². The second-order valence-electron chi connectivity index (χ2n) is 1.86. The maximum Gasteiger partial charge on any atom is 0.254 e. The fraction of sp³-hybridized carbons (Fsp3) is 1.00. The van der Waals surface area contributed by atoms with Crippen LogP contribution in [0.2, 0.25) is 0 Å². The Balaban J connectivity index is 3.59. The van der Waals surface area contributed by atoms with E-state index in [1.54, 1.807) is 13.8 Å². The molecule has 0 rings (SSSR count). The van der Waals surface area contributed by atoms with Crippen LogP contribution >= 0.6 is 0 Å². The molecule has 5 nitrogen and oxygen atoms in total. The molecule has 0 N–H and O–H groups in total. The van der Waals surface area contributed by atoms with Crippen LogP contribution in [-0.2, 0) is 9.47 Å². The lowest BCUT2D eigenvalue weighted by molar-refractivity contribution is -0.504. The molecule has 0 unspecified atom stereocenters. The smallest absolute Gasteiger partial charge is 0.254 e. The first-order chi connectivity index (χ1) is 5.20. The number of ether oxygens (including phenoxy) is 2. The van der Waals surface area contributed by atoms with Crippen molar-refractivity contribution in [3.8, 4) is 0 Å². The predicted molar refractivity (Wildman–Crippen MR) is 38.9 cm³/mol. The van der Waals surface area contributed by atoms with Crippen molar-refractivity contribution in [2.24, 2.45) is 0 Å². The molecule has 0 amide bonds. The molecule has 0 aromatic heterocycles. The fourth-order valence-electron chi connectivity index (χ4n) is 0.647. The van der Waals surface area contributed by atoms with Crippen molar-refractivity contribution in [3.63, 3.8) is 0 Å². The maximum absolute atomic E-state index is 10.0. The Labute approximate surface area is 65.4 Å². The van der Waals surface area contributed by atoms with Crippen molar-refractivity contribution in [2.45, 2.75) is 20.1 Å². The lowest BCUT2D eigenvalue weighted by Gasteiger charge is -2.11. The molecule has 0 spiro atoms. The normalized spacial score (nSPS) is 10.5. The first-order valence-electron chi connectivity index (χ1n) is 3.55. The van der Waals surface area contributed by atoms with Crippen molar-refractivity contribution in [1.82, 2.24) is 0 Å². The van der Waals surface area contributed by atoms with Crippen molar-refractivity contribution >= 4 is 0 Å². The van der Waals surface area contributed by atoms with Gasteiger partial charge in [0.2, 0.25) is 6.29 Å². The van der Waals surface area contributed by atoms with Crippen molar-refractivity contribution in [1.29, 1.82) is 0 Å². The Morgan fingerprint density at radius 1 is 1.36 bits per heavy atom. The Morgan fingerprint density at radius 3 is 2.09 bits per heavy atom. The zero-order valence-electron chi connectivity index (χ0n) is 6.78. The zero-order valence-corrected chi connectivity index (χ0v) is 6.78. The molecule has 66 valence electrons. The van der Waals surface area contributed by atoms with E-state index in [2.05, 4.69) is 0 Å².